The highest BCUT2D eigenvalue weighted by Gasteiger charge is 2.29. The van der Waals surface area contributed by atoms with Crippen LogP contribution in [0.3, 0.4) is 0 Å². The van der Waals surface area contributed by atoms with Crippen molar-refractivity contribution in [2.24, 2.45) is 15.7 Å². The minimum absolute atomic E-state index is 0.405. The molecule has 0 amide bonds. The molecule has 2 aliphatic heterocycles. The van der Waals surface area contributed by atoms with E-state index in [9.17, 15) is 0 Å². The SMILES string of the molecule is C=C1NC(c2nc3ccc(-c4ncccn4)cc3n2C2CCC2)=NC(C2=CCN=C2)=C1C.C=CN. The van der Waals surface area contributed by atoms with Crippen molar-refractivity contribution >= 4 is 23.1 Å². The summed E-state index contributed by atoms with van der Waals surface area (Å²) in [5, 5.41) is 3.40. The van der Waals surface area contributed by atoms with Crippen molar-refractivity contribution in [2.45, 2.75) is 32.2 Å². The number of amidine groups is 1. The Hall–Kier alpha value is -4.33. The van der Waals surface area contributed by atoms with E-state index >= 15 is 0 Å². The normalized spacial score (nSPS) is 17.3. The van der Waals surface area contributed by atoms with Crippen LogP contribution in [0, 0.1) is 0 Å². The van der Waals surface area contributed by atoms with Gasteiger partial charge in [0.05, 0.1) is 23.3 Å². The molecule has 0 bridgehead atoms. The number of nitrogens with zero attached hydrogens (tertiary/aromatic N) is 6. The topological polar surface area (TPSA) is 106 Å². The van der Waals surface area contributed by atoms with Crippen LogP contribution in [-0.2, 0) is 0 Å². The molecular formula is C27H28N8. The second kappa shape index (κ2) is 9.50. The maximum Gasteiger partial charge on any atom is 0.177 e. The van der Waals surface area contributed by atoms with Crippen molar-refractivity contribution < 1.29 is 0 Å². The number of benzene rings is 1. The van der Waals surface area contributed by atoms with Gasteiger partial charge in [0.2, 0.25) is 0 Å². The molecule has 0 radical (unpaired) electrons. The molecule has 0 saturated heterocycles. The predicted molar refractivity (Wildman–Crippen MR) is 141 cm³/mol. The molecule has 0 unspecified atom stereocenters. The van der Waals surface area contributed by atoms with E-state index in [2.05, 4.69) is 55.9 Å². The number of nitrogens with two attached hydrogens (primary N) is 1. The first-order valence-corrected chi connectivity index (χ1v) is 11.7. The van der Waals surface area contributed by atoms with Crippen LogP contribution in [0.25, 0.3) is 22.4 Å². The molecule has 1 aliphatic carbocycles. The van der Waals surface area contributed by atoms with Crippen LogP contribution >= 0.6 is 0 Å². The first-order chi connectivity index (χ1) is 17.1. The maximum absolute atomic E-state index is 5.01. The van der Waals surface area contributed by atoms with E-state index < -0.39 is 0 Å². The van der Waals surface area contributed by atoms with Crippen LogP contribution in [0.1, 0.15) is 38.1 Å². The average molecular weight is 465 g/mol. The second-order valence-electron chi connectivity index (χ2n) is 8.59. The number of hydrogen-bond acceptors (Lipinski definition) is 7. The van der Waals surface area contributed by atoms with Crippen LogP contribution in [0.5, 0.6) is 0 Å². The minimum Gasteiger partial charge on any atom is -0.405 e. The molecule has 4 heterocycles. The van der Waals surface area contributed by atoms with E-state index in [1.807, 2.05) is 31.3 Å². The van der Waals surface area contributed by atoms with Crippen molar-refractivity contribution in [3.05, 3.63) is 90.5 Å². The highest BCUT2D eigenvalue weighted by Crippen LogP contribution is 2.37. The van der Waals surface area contributed by atoms with Crippen LogP contribution in [0.15, 0.2) is 94.6 Å². The van der Waals surface area contributed by atoms with Gasteiger partial charge in [0, 0.05) is 41.5 Å². The van der Waals surface area contributed by atoms with Gasteiger partial charge in [-0.3, -0.25) is 4.99 Å². The summed E-state index contributed by atoms with van der Waals surface area (Å²) in [4.78, 5) is 23.2. The van der Waals surface area contributed by atoms with Gasteiger partial charge in [-0.05, 0) is 62.2 Å². The number of hydrogen-bond donors (Lipinski definition) is 2. The van der Waals surface area contributed by atoms with Gasteiger partial charge in [0.25, 0.3) is 0 Å². The Morgan fingerprint density at radius 3 is 2.63 bits per heavy atom. The molecule has 6 rings (SSSR count). The van der Waals surface area contributed by atoms with Crippen molar-refractivity contribution in [1.82, 2.24) is 24.8 Å². The molecule has 3 aromatic rings. The lowest BCUT2D eigenvalue weighted by atomic mass is 9.92. The van der Waals surface area contributed by atoms with E-state index in [0.29, 0.717) is 18.4 Å². The summed E-state index contributed by atoms with van der Waals surface area (Å²) in [6.07, 6.45) is 12.3. The maximum atomic E-state index is 5.01. The number of rotatable bonds is 4. The third kappa shape index (κ3) is 4.19. The molecule has 3 N–H and O–H groups in total. The van der Waals surface area contributed by atoms with Crippen LogP contribution < -0.4 is 11.1 Å². The Bertz CT molecular complexity index is 1420. The quantitative estimate of drug-likeness (QED) is 0.593. The number of imidazole rings is 1. The van der Waals surface area contributed by atoms with Crippen LogP contribution in [0.4, 0.5) is 0 Å². The summed E-state index contributed by atoms with van der Waals surface area (Å²) in [6, 6.07) is 8.46. The third-order valence-corrected chi connectivity index (χ3v) is 6.39. The standard InChI is InChI=1S/C25H23N7.C2H5N/c1-15-16(2)29-24(31-22(15)18-9-12-26-14-18)25-30-20-8-7-17(23-27-10-4-11-28-23)13-21(20)32(25)19-5-3-6-19;1-2-3/h4,7-11,13-14,19H,2-3,5-6,12H2,1H3,(H,29,31);2H,1,3H2. The first kappa shape index (κ1) is 22.5. The van der Waals surface area contributed by atoms with Crippen molar-refractivity contribution in [3.63, 3.8) is 0 Å². The molecule has 1 fully saturated rings. The number of allylic oxidation sites excluding steroid dienone is 2. The van der Waals surface area contributed by atoms with E-state index in [4.69, 9.17) is 9.98 Å². The fourth-order valence-corrected chi connectivity index (χ4v) is 4.36. The molecule has 2 aromatic heterocycles. The van der Waals surface area contributed by atoms with Gasteiger partial charge in [-0.2, -0.15) is 0 Å². The zero-order chi connectivity index (χ0) is 24.4. The van der Waals surface area contributed by atoms with E-state index in [1.165, 1.54) is 12.6 Å². The van der Waals surface area contributed by atoms with E-state index in [1.54, 1.807) is 12.4 Å². The molecular weight excluding hydrogens is 436 g/mol. The first-order valence-electron chi connectivity index (χ1n) is 11.7. The average Bonchev–Trinajstić information content (AvgIpc) is 3.49. The zero-order valence-electron chi connectivity index (χ0n) is 19.8. The molecule has 8 nitrogen and oxygen atoms in total. The summed E-state index contributed by atoms with van der Waals surface area (Å²) in [5.74, 6) is 2.29. The monoisotopic (exact) mass is 464 g/mol. The minimum atomic E-state index is 0.405. The lowest BCUT2D eigenvalue weighted by molar-refractivity contribution is 0.319. The third-order valence-electron chi connectivity index (χ3n) is 6.39. The van der Waals surface area contributed by atoms with Crippen molar-refractivity contribution in [2.75, 3.05) is 6.54 Å². The molecule has 35 heavy (non-hydrogen) atoms. The Morgan fingerprint density at radius 1 is 1.20 bits per heavy atom. The number of nitrogens with one attached hydrogen (secondary N) is 1. The van der Waals surface area contributed by atoms with Crippen molar-refractivity contribution in [1.29, 1.82) is 0 Å². The Kier molecular flexibility index (Phi) is 6.10. The zero-order valence-corrected chi connectivity index (χ0v) is 19.8. The largest absolute Gasteiger partial charge is 0.405 e. The van der Waals surface area contributed by atoms with Gasteiger partial charge in [-0.15, -0.1) is 0 Å². The molecule has 1 aromatic carbocycles. The molecule has 1 saturated carbocycles. The Balaban J connectivity index is 0.000000806. The lowest BCUT2D eigenvalue weighted by Gasteiger charge is -2.30. The lowest BCUT2D eigenvalue weighted by Crippen LogP contribution is -2.32. The highest BCUT2D eigenvalue weighted by atomic mass is 15.2. The van der Waals surface area contributed by atoms with Crippen molar-refractivity contribution in [3.8, 4) is 11.4 Å². The van der Waals surface area contributed by atoms with Gasteiger partial charge >= 0.3 is 0 Å². The highest BCUT2D eigenvalue weighted by molar-refractivity contribution is 6.03. The van der Waals surface area contributed by atoms with Crippen LogP contribution in [0.2, 0.25) is 0 Å². The smallest absolute Gasteiger partial charge is 0.177 e. The summed E-state index contributed by atoms with van der Waals surface area (Å²) in [5.41, 5.74) is 11.4. The van der Waals surface area contributed by atoms with Gasteiger partial charge in [-0.25, -0.2) is 19.9 Å². The van der Waals surface area contributed by atoms with Crippen LogP contribution in [-0.4, -0.2) is 38.1 Å². The molecule has 8 heteroatoms. The van der Waals surface area contributed by atoms with E-state index in [-0.39, 0.29) is 0 Å². The molecule has 0 atom stereocenters. The number of aliphatic imine (C=N–C) groups is 2. The summed E-state index contributed by atoms with van der Waals surface area (Å²) >= 11 is 0. The number of fused-ring (bicyclic) bond motifs is 1. The fourth-order valence-electron chi connectivity index (χ4n) is 4.36. The van der Waals surface area contributed by atoms with Gasteiger partial charge < -0.3 is 15.6 Å². The Morgan fingerprint density at radius 2 is 1.97 bits per heavy atom. The molecule has 0 spiro atoms. The second-order valence-corrected chi connectivity index (χ2v) is 8.59. The molecule has 3 aliphatic rings. The number of aromatic nitrogens is 4. The summed E-state index contributed by atoms with van der Waals surface area (Å²) < 4.78 is 2.33. The van der Waals surface area contributed by atoms with E-state index in [0.717, 1.165) is 63.6 Å². The molecule has 176 valence electrons. The van der Waals surface area contributed by atoms with Gasteiger partial charge in [-0.1, -0.05) is 19.2 Å². The predicted octanol–water partition coefficient (Wildman–Crippen LogP) is 4.46. The summed E-state index contributed by atoms with van der Waals surface area (Å²) in [7, 11) is 0. The van der Waals surface area contributed by atoms with Gasteiger partial charge in [0.15, 0.2) is 17.5 Å². The summed E-state index contributed by atoms with van der Waals surface area (Å²) in [6.45, 7) is 10.1. The van der Waals surface area contributed by atoms with Gasteiger partial charge in [0.1, 0.15) is 0 Å². The fraction of sp³-hybridized carbons (Fsp3) is 0.222. The Labute approximate surface area is 204 Å².